The van der Waals surface area contributed by atoms with Gasteiger partial charge < -0.3 is 4.74 Å². The SMILES string of the molecule is C=CC(=O)N(CS(=O)(=O)Cc1ccccc1)c1ccc(OC)cc1. The Morgan fingerprint density at radius 3 is 2.29 bits per heavy atom. The van der Waals surface area contributed by atoms with Crippen LogP contribution in [-0.4, -0.2) is 27.3 Å². The van der Waals surface area contributed by atoms with Crippen LogP contribution >= 0.6 is 0 Å². The molecule has 0 N–H and O–H groups in total. The molecule has 0 aliphatic rings. The minimum absolute atomic E-state index is 0.134. The van der Waals surface area contributed by atoms with E-state index in [4.69, 9.17) is 4.74 Å². The van der Waals surface area contributed by atoms with Crippen molar-refractivity contribution < 1.29 is 17.9 Å². The number of ether oxygens (including phenoxy) is 1. The van der Waals surface area contributed by atoms with Crippen LogP contribution in [0.15, 0.2) is 67.3 Å². The highest BCUT2D eigenvalue weighted by atomic mass is 32.2. The van der Waals surface area contributed by atoms with Crippen molar-refractivity contribution in [2.75, 3.05) is 17.9 Å². The van der Waals surface area contributed by atoms with Gasteiger partial charge in [0, 0.05) is 5.69 Å². The molecule has 0 radical (unpaired) electrons. The Bertz CT molecular complexity index is 799. The van der Waals surface area contributed by atoms with Crippen molar-refractivity contribution in [3.8, 4) is 5.75 Å². The highest BCUT2D eigenvalue weighted by molar-refractivity contribution is 7.90. The maximum absolute atomic E-state index is 12.5. The average molecular weight is 345 g/mol. The summed E-state index contributed by atoms with van der Waals surface area (Å²) in [7, 11) is -1.99. The Balaban J connectivity index is 2.24. The molecule has 126 valence electrons. The molecular weight excluding hydrogens is 326 g/mol. The molecule has 0 aromatic heterocycles. The maximum Gasteiger partial charge on any atom is 0.251 e. The minimum Gasteiger partial charge on any atom is -0.497 e. The number of methoxy groups -OCH3 is 1. The van der Waals surface area contributed by atoms with E-state index >= 15 is 0 Å². The maximum atomic E-state index is 12.5. The number of carbonyl (C=O) groups excluding carboxylic acids is 1. The number of rotatable bonds is 7. The quantitative estimate of drug-likeness (QED) is 0.724. The molecule has 0 aliphatic heterocycles. The summed E-state index contributed by atoms with van der Waals surface area (Å²) in [6.07, 6.45) is 1.10. The molecule has 24 heavy (non-hydrogen) atoms. The molecule has 5 nitrogen and oxygen atoms in total. The van der Waals surface area contributed by atoms with Crippen molar-refractivity contribution in [2.24, 2.45) is 0 Å². The summed E-state index contributed by atoms with van der Waals surface area (Å²) < 4.78 is 30.0. The van der Waals surface area contributed by atoms with E-state index in [9.17, 15) is 13.2 Å². The normalized spacial score (nSPS) is 10.9. The summed E-state index contributed by atoms with van der Waals surface area (Å²) in [6.45, 7) is 3.44. The summed E-state index contributed by atoms with van der Waals surface area (Å²) in [6, 6.07) is 15.5. The van der Waals surface area contributed by atoms with Crippen LogP contribution < -0.4 is 9.64 Å². The summed E-state index contributed by atoms with van der Waals surface area (Å²) >= 11 is 0. The van der Waals surface area contributed by atoms with Gasteiger partial charge in [0.15, 0.2) is 9.84 Å². The fourth-order valence-electron chi connectivity index (χ4n) is 2.21. The van der Waals surface area contributed by atoms with Gasteiger partial charge in [-0.3, -0.25) is 9.69 Å². The Hall–Kier alpha value is -2.60. The van der Waals surface area contributed by atoms with Crippen molar-refractivity contribution >= 4 is 21.4 Å². The molecule has 2 aromatic rings. The number of anilines is 1. The standard InChI is InChI=1S/C18H19NO4S/c1-3-18(20)19(16-9-11-17(23-2)12-10-16)14-24(21,22)13-15-7-5-4-6-8-15/h3-12H,1,13-14H2,2H3. The number of benzene rings is 2. The zero-order valence-corrected chi connectivity index (χ0v) is 14.2. The Morgan fingerprint density at radius 2 is 1.75 bits per heavy atom. The number of carbonyl (C=O) groups is 1. The van der Waals surface area contributed by atoms with Crippen LogP contribution in [-0.2, 0) is 20.4 Å². The van der Waals surface area contributed by atoms with Gasteiger partial charge >= 0.3 is 0 Å². The topological polar surface area (TPSA) is 63.7 Å². The first-order valence-corrected chi connectivity index (χ1v) is 9.09. The Kier molecular flexibility index (Phi) is 5.76. The Labute approximate surface area is 142 Å². The second-order valence-electron chi connectivity index (χ2n) is 5.17. The third-order valence-electron chi connectivity index (χ3n) is 3.38. The van der Waals surface area contributed by atoms with Crippen molar-refractivity contribution in [1.82, 2.24) is 0 Å². The van der Waals surface area contributed by atoms with Gasteiger partial charge in [-0.25, -0.2) is 8.42 Å². The summed E-state index contributed by atoms with van der Waals surface area (Å²) in [5.74, 6) is -0.405. The molecule has 0 saturated heterocycles. The minimum atomic E-state index is -3.53. The summed E-state index contributed by atoms with van der Waals surface area (Å²) in [5, 5.41) is 0. The Morgan fingerprint density at radius 1 is 1.12 bits per heavy atom. The monoisotopic (exact) mass is 345 g/mol. The van der Waals surface area contributed by atoms with Crippen LogP contribution in [0.25, 0.3) is 0 Å². The van der Waals surface area contributed by atoms with Crippen LogP contribution in [0, 0.1) is 0 Å². The second kappa shape index (κ2) is 7.79. The lowest BCUT2D eigenvalue weighted by atomic mass is 10.2. The second-order valence-corrected chi connectivity index (χ2v) is 7.21. The molecule has 0 saturated carbocycles. The summed E-state index contributed by atoms with van der Waals surface area (Å²) in [4.78, 5) is 13.3. The molecule has 0 heterocycles. The molecule has 0 fully saturated rings. The first-order chi connectivity index (χ1) is 11.4. The lowest BCUT2D eigenvalue weighted by molar-refractivity contribution is -0.114. The van der Waals surface area contributed by atoms with E-state index in [0.717, 1.165) is 6.08 Å². The molecule has 2 rings (SSSR count). The number of hydrogen-bond donors (Lipinski definition) is 0. The third kappa shape index (κ3) is 4.70. The van der Waals surface area contributed by atoms with Crippen LogP contribution in [0.5, 0.6) is 5.75 Å². The van der Waals surface area contributed by atoms with E-state index in [2.05, 4.69) is 6.58 Å². The van der Waals surface area contributed by atoms with Gasteiger partial charge in [-0.1, -0.05) is 36.9 Å². The summed E-state index contributed by atoms with van der Waals surface area (Å²) in [5.41, 5.74) is 1.15. The highest BCUT2D eigenvalue weighted by Crippen LogP contribution is 2.21. The molecule has 0 spiro atoms. The first-order valence-electron chi connectivity index (χ1n) is 7.27. The van der Waals surface area contributed by atoms with Crippen molar-refractivity contribution in [3.63, 3.8) is 0 Å². The fourth-order valence-corrected chi connectivity index (χ4v) is 3.67. The van der Waals surface area contributed by atoms with E-state index in [1.54, 1.807) is 48.5 Å². The number of sulfone groups is 1. The van der Waals surface area contributed by atoms with Crippen LogP contribution in [0.2, 0.25) is 0 Å². The third-order valence-corrected chi connectivity index (χ3v) is 4.80. The molecule has 6 heteroatoms. The molecule has 2 aromatic carbocycles. The van der Waals surface area contributed by atoms with Crippen molar-refractivity contribution in [2.45, 2.75) is 5.75 Å². The van der Waals surface area contributed by atoms with Gasteiger partial charge in [0.05, 0.1) is 12.9 Å². The zero-order chi connectivity index (χ0) is 17.6. The predicted octanol–water partition coefficient (Wildman–Crippen LogP) is 2.79. The zero-order valence-electron chi connectivity index (χ0n) is 13.4. The van der Waals surface area contributed by atoms with Crippen LogP contribution in [0.4, 0.5) is 5.69 Å². The van der Waals surface area contributed by atoms with E-state index in [1.807, 2.05) is 6.07 Å². The molecule has 0 atom stereocenters. The van der Waals surface area contributed by atoms with E-state index < -0.39 is 21.6 Å². The lowest BCUT2D eigenvalue weighted by Crippen LogP contribution is -2.35. The number of nitrogens with zero attached hydrogens (tertiary/aromatic N) is 1. The van der Waals surface area contributed by atoms with Crippen molar-refractivity contribution in [3.05, 3.63) is 72.8 Å². The smallest absolute Gasteiger partial charge is 0.251 e. The van der Waals surface area contributed by atoms with E-state index in [1.165, 1.54) is 12.0 Å². The van der Waals surface area contributed by atoms with Gasteiger partial charge in [-0.15, -0.1) is 0 Å². The fraction of sp³-hybridized carbons (Fsp3) is 0.167. The van der Waals surface area contributed by atoms with Gasteiger partial charge in [0.25, 0.3) is 5.91 Å². The van der Waals surface area contributed by atoms with Crippen LogP contribution in [0.1, 0.15) is 5.56 Å². The average Bonchev–Trinajstić information content (AvgIpc) is 2.59. The first kappa shape index (κ1) is 17.7. The number of hydrogen-bond acceptors (Lipinski definition) is 4. The van der Waals surface area contributed by atoms with Gasteiger partial charge in [-0.05, 0) is 35.9 Å². The molecular formula is C18H19NO4S. The lowest BCUT2D eigenvalue weighted by Gasteiger charge is -2.21. The molecule has 1 amide bonds. The van der Waals surface area contributed by atoms with Gasteiger partial charge in [0.1, 0.15) is 11.6 Å². The number of amides is 1. The van der Waals surface area contributed by atoms with Gasteiger partial charge in [0.2, 0.25) is 0 Å². The molecule has 0 unspecified atom stereocenters. The highest BCUT2D eigenvalue weighted by Gasteiger charge is 2.22. The predicted molar refractivity (Wildman–Crippen MR) is 94.6 cm³/mol. The molecule has 0 aliphatic carbocycles. The van der Waals surface area contributed by atoms with E-state index in [0.29, 0.717) is 17.0 Å². The van der Waals surface area contributed by atoms with E-state index in [-0.39, 0.29) is 5.75 Å². The van der Waals surface area contributed by atoms with Crippen molar-refractivity contribution in [1.29, 1.82) is 0 Å². The molecule has 0 bridgehead atoms. The van der Waals surface area contributed by atoms with Gasteiger partial charge in [-0.2, -0.15) is 0 Å². The largest absolute Gasteiger partial charge is 0.497 e. The van der Waals surface area contributed by atoms with Crippen LogP contribution in [0.3, 0.4) is 0 Å².